The van der Waals surface area contributed by atoms with Crippen molar-refractivity contribution in [3.63, 3.8) is 0 Å². The lowest BCUT2D eigenvalue weighted by Crippen LogP contribution is -2.38. The molecule has 1 aromatic heterocycles. The van der Waals surface area contributed by atoms with E-state index >= 15 is 0 Å². The number of imidazole rings is 1. The van der Waals surface area contributed by atoms with Crippen molar-refractivity contribution in [1.29, 1.82) is 0 Å². The number of hydrogen-bond acceptors (Lipinski definition) is 2. The Balaban J connectivity index is 1.61. The molecule has 2 aromatic rings. The van der Waals surface area contributed by atoms with Crippen LogP contribution in [0.1, 0.15) is 31.2 Å². The molecule has 0 unspecified atom stereocenters. The highest BCUT2D eigenvalue weighted by molar-refractivity contribution is 5.79. The SMILES string of the molecule is CCNC(=NCc1nccn1Cc1ccccc1)NCC1CC1. The van der Waals surface area contributed by atoms with Gasteiger partial charge in [-0.2, -0.15) is 0 Å². The van der Waals surface area contributed by atoms with Gasteiger partial charge in [0.2, 0.25) is 0 Å². The standard InChI is InChI=1S/C18H25N5/c1-2-19-18(21-12-15-8-9-15)22-13-17-20-10-11-23(17)14-16-6-4-3-5-7-16/h3-7,10-11,15H,2,8-9,12-14H2,1H3,(H2,19,21,22). The molecular weight excluding hydrogens is 286 g/mol. The molecule has 0 radical (unpaired) electrons. The summed E-state index contributed by atoms with van der Waals surface area (Å²) in [4.78, 5) is 9.12. The van der Waals surface area contributed by atoms with Crippen LogP contribution in [0.25, 0.3) is 0 Å². The van der Waals surface area contributed by atoms with Crippen molar-refractivity contribution in [2.24, 2.45) is 10.9 Å². The molecule has 1 aromatic carbocycles. The Bertz CT molecular complexity index is 628. The summed E-state index contributed by atoms with van der Waals surface area (Å²) in [6, 6.07) is 10.4. The van der Waals surface area contributed by atoms with Crippen LogP contribution in [-0.4, -0.2) is 28.6 Å². The van der Waals surface area contributed by atoms with E-state index in [1.54, 1.807) is 0 Å². The van der Waals surface area contributed by atoms with Crippen LogP contribution >= 0.6 is 0 Å². The molecular formula is C18H25N5. The average Bonchev–Trinajstić information content (AvgIpc) is 3.31. The Labute approximate surface area is 137 Å². The minimum absolute atomic E-state index is 0.583. The Hall–Kier alpha value is -2.30. The molecule has 1 aliphatic carbocycles. The summed E-state index contributed by atoms with van der Waals surface area (Å²) in [6.45, 7) is 5.39. The van der Waals surface area contributed by atoms with Crippen LogP contribution in [0, 0.1) is 5.92 Å². The zero-order valence-electron chi connectivity index (χ0n) is 13.7. The molecule has 23 heavy (non-hydrogen) atoms. The molecule has 2 N–H and O–H groups in total. The quantitative estimate of drug-likeness (QED) is 0.610. The summed E-state index contributed by atoms with van der Waals surface area (Å²) < 4.78 is 2.16. The van der Waals surface area contributed by atoms with E-state index in [2.05, 4.69) is 56.4 Å². The molecule has 5 nitrogen and oxygen atoms in total. The number of hydrogen-bond donors (Lipinski definition) is 2. The number of benzene rings is 1. The van der Waals surface area contributed by atoms with Gasteiger partial charge < -0.3 is 15.2 Å². The van der Waals surface area contributed by atoms with Crippen molar-refractivity contribution in [3.8, 4) is 0 Å². The molecule has 1 fully saturated rings. The van der Waals surface area contributed by atoms with Crippen molar-refractivity contribution >= 4 is 5.96 Å². The maximum absolute atomic E-state index is 4.67. The summed E-state index contributed by atoms with van der Waals surface area (Å²) >= 11 is 0. The van der Waals surface area contributed by atoms with Gasteiger partial charge in [-0.05, 0) is 31.2 Å². The molecule has 0 spiro atoms. The first-order valence-electron chi connectivity index (χ1n) is 8.41. The molecule has 0 bridgehead atoms. The highest BCUT2D eigenvalue weighted by Gasteiger charge is 2.21. The summed E-state index contributed by atoms with van der Waals surface area (Å²) in [5.74, 6) is 2.70. The normalized spacial score (nSPS) is 14.7. The van der Waals surface area contributed by atoms with Gasteiger partial charge in [0, 0.05) is 32.0 Å². The van der Waals surface area contributed by atoms with E-state index in [0.29, 0.717) is 6.54 Å². The third-order valence-electron chi connectivity index (χ3n) is 3.98. The van der Waals surface area contributed by atoms with E-state index in [9.17, 15) is 0 Å². The Kier molecular flexibility index (Phi) is 5.29. The van der Waals surface area contributed by atoms with Gasteiger partial charge in [0.25, 0.3) is 0 Å². The molecule has 1 heterocycles. The zero-order chi connectivity index (χ0) is 15.9. The van der Waals surface area contributed by atoms with Gasteiger partial charge in [0.1, 0.15) is 12.4 Å². The van der Waals surface area contributed by atoms with E-state index < -0.39 is 0 Å². The van der Waals surface area contributed by atoms with Gasteiger partial charge in [0.05, 0.1) is 0 Å². The second-order valence-corrected chi connectivity index (χ2v) is 5.98. The molecule has 1 saturated carbocycles. The highest BCUT2D eigenvalue weighted by Crippen LogP contribution is 2.27. The van der Waals surface area contributed by atoms with Crippen LogP contribution in [0.5, 0.6) is 0 Å². The monoisotopic (exact) mass is 311 g/mol. The molecule has 3 rings (SSSR count). The van der Waals surface area contributed by atoms with E-state index in [4.69, 9.17) is 0 Å². The maximum Gasteiger partial charge on any atom is 0.191 e. The Morgan fingerprint density at radius 1 is 1.26 bits per heavy atom. The molecule has 0 amide bonds. The number of aromatic nitrogens is 2. The Morgan fingerprint density at radius 2 is 2.09 bits per heavy atom. The average molecular weight is 311 g/mol. The largest absolute Gasteiger partial charge is 0.357 e. The topological polar surface area (TPSA) is 54.2 Å². The third-order valence-corrected chi connectivity index (χ3v) is 3.98. The van der Waals surface area contributed by atoms with E-state index in [1.165, 1.54) is 18.4 Å². The van der Waals surface area contributed by atoms with Gasteiger partial charge in [0.15, 0.2) is 5.96 Å². The minimum Gasteiger partial charge on any atom is -0.357 e. The van der Waals surface area contributed by atoms with Gasteiger partial charge in [-0.3, -0.25) is 0 Å². The maximum atomic E-state index is 4.67. The van der Waals surface area contributed by atoms with Crippen LogP contribution in [0.3, 0.4) is 0 Å². The molecule has 5 heteroatoms. The van der Waals surface area contributed by atoms with Crippen molar-refractivity contribution in [1.82, 2.24) is 20.2 Å². The van der Waals surface area contributed by atoms with Gasteiger partial charge in [-0.25, -0.2) is 9.98 Å². The third kappa shape index (κ3) is 4.84. The molecule has 0 aliphatic heterocycles. The van der Waals surface area contributed by atoms with Crippen LogP contribution in [0.2, 0.25) is 0 Å². The van der Waals surface area contributed by atoms with Gasteiger partial charge in [-0.15, -0.1) is 0 Å². The van der Waals surface area contributed by atoms with Crippen molar-refractivity contribution < 1.29 is 0 Å². The van der Waals surface area contributed by atoms with Crippen molar-refractivity contribution in [2.75, 3.05) is 13.1 Å². The molecule has 0 saturated heterocycles. The fraction of sp³-hybridized carbons (Fsp3) is 0.444. The number of nitrogens with one attached hydrogen (secondary N) is 2. The summed E-state index contributed by atoms with van der Waals surface area (Å²) in [6.07, 6.45) is 6.54. The fourth-order valence-corrected chi connectivity index (χ4v) is 2.47. The number of aliphatic imine (C=N–C) groups is 1. The highest BCUT2D eigenvalue weighted by atomic mass is 15.2. The second kappa shape index (κ2) is 7.81. The van der Waals surface area contributed by atoms with E-state index in [1.807, 2.05) is 18.5 Å². The van der Waals surface area contributed by atoms with Crippen LogP contribution in [0.15, 0.2) is 47.7 Å². The minimum atomic E-state index is 0.583. The number of rotatable bonds is 7. The van der Waals surface area contributed by atoms with Crippen molar-refractivity contribution in [3.05, 3.63) is 54.1 Å². The van der Waals surface area contributed by atoms with Crippen molar-refractivity contribution in [2.45, 2.75) is 32.9 Å². The number of guanidine groups is 1. The smallest absolute Gasteiger partial charge is 0.191 e. The lowest BCUT2D eigenvalue weighted by molar-refractivity contribution is 0.708. The van der Waals surface area contributed by atoms with E-state index in [-0.39, 0.29) is 0 Å². The lowest BCUT2D eigenvalue weighted by atomic mass is 10.2. The van der Waals surface area contributed by atoms with Crippen LogP contribution in [-0.2, 0) is 13.1 Å². The first kappa shape index (κ1) is 15.6. The fourth-order valence-electron chi connectivity index (χ4n) is 2.47. The second-order valence-electron chi connectivity index (χ2n) is 5.98. The molecule has 122 valence electrons. The first-order chi connectivity index (χ1) is 11.3. The van der Waals surface area contributed by atoms with Crippen LogP contribution in [0.4, 0.5) is 0 Å². The first-order valence-corrected chi connectivity index (χ1v) is 8.41. The van der Waals surface area contributed by atoms with E-state index in [0.717, 1.165) is 37.3 Å². The zero-order valence-corrected chi connectivity index (χ0v) is 13.7. The Morgan fingerprint density at radius 3 is 2.83 bits per heavy atom. The number of nitrogens with zero attached hydrogens (tertiary/aromatic N) is 3. The summed E-state index contributed by atoms with van der Waals surface area (Å²) in [7, 11) is 0. The molecule has 0 atom stereocenters. The van der Waals surface area contributed by atoms with Gasteiger partial charge in [-0.1, -0.05) is 30.3 Å². The predicted molar refractivity (Wildman–Crippen MR) is 93.3 cm³/mol. The predicted octanol–water partition coefficient (Wildman–Crippen LogP) is 2.40. The van der Waals surface area contributed by atoms with Gasteiger partial charge >= 0.3 is 0 Å². The molecule has 1 aliphatic rings. The summed E-state index contributed by atoms with van der Waals surface area (Å²) in [5.41, 5.74) is 1.27. The lowest BCUT2D eigenvalue weighted by Gasteiger charge is -2.11. The van der Waals surface area contributed by atoms with Crippen LogP contribution < -0.4 is 10.6 Å². The summed E-state index contributed by atoms with van der Waals surface area (Å²) in [5, 5.41) is 6.72.